The van der Waals surface area contributed by atoms with Gasteiger partial charge in [0.1, 0.15) is 0 Å². The van der Waals surface area contributed by atoms with Crippen LogP contribution in [0.2, 0.25) is 0 Å². The van der Waals surface area contributed by atoms with Gasteiger partial charge >= 0.3 is 56.1 Å². The van der Waals surface area contributed by atoms with E-state index in [0.29, 0.717) is 0 Å². The molecule has 10 N–H and O–H groups in total. The van der Waals surface area contributed by atoms with Crippen molar-refractivity contribution in [3.63, 3.8) is 0 Å². The Balaban J connectivity index is -0.00000420. The molecule has 2 atom stereocenters. The number of carboxylic acid groups (broad SMARTS) is 4. The SMILES string of the molecule is N.N.O=C(O)CC(C(=O)O)S(=O)(=O)OC(=O)CCC(=O)OS(=O)(=O)C(CC(=O)O)C(=O)O. The Kier molecular flexibility index (Phi) is 13.7. The second-order valence-corrected chi connectivity index (χ2v) is 8.69. The van der Waals surface area contributed by atoms with Crippen LogP contribution >= 0.6 is 0 Å². The number of hydrogen-bond acceptors (Lipinski definition) is 14. The predicted octanol–water partition coefficient (Wildman–Crippen LogP) is -2.31. The van der Waals surface area contributed by atoms with Crippen LogP contribution in [0.5, 0.6) is 0 Å². The molecule has 0 heterocycles. The molecule has 32 heavy (non-hydrogen) atoms. The molecule has 0 radical (unpaired) electrons. The van der Waals surface area contributed by atoms with Crippen molar-refractivity contribution in [3.8, 4) is 0 Å². The second-order valence-electron chi connectivity index (χ2n) is 5.25. The molecule has 0 spiro atoms. The summed E-state index contributed by atoms with van der Waals surface area (Å²) in [5.74, 6) is -11.5. The molecule has 0 aromatic carbocycles. The van der Waals surface area contributed by atoms with Crippen molar-refractivity contribution in [1.29, 1.82) is 0 Å². The van der Waals surface area contributed by atoms with E-state index in [4.69, 9.17) is 20.4 Å². The molecule has 0 saturated carbocycles. The first-order valence-electron chi connectivity index (χ1n) is 7.31. The molecule has 0 bridgehead atoms. The number of rotatable bonds is 13. The predicted molar refractivity (Wildman–Crippen MR) is 96.7 cm³/mol. The summed E-state index contributed by atoms with van der Waals surface area (Å²) in [6, 6.07) is 0. The quantitative estimate of drug-likeness (QED) is 0.141. The maximum atomic E-state index is 11.6. The summed E-state index contributed by atoms with van der Waals surface area (Å²) < 4.78 is 54.2. The van der Waals surface area contributed by atoms with Crippen molar-refractivity contribution in [2.24, 2.45) is 0 Å². The topological polar surface area (TPSA) is 340 Å². The third-order valence-electron chi connectivity index (χ3n) is 2.92. The van der Waals surface area contributed by atoms with Crippen LogP contribution in [0.15, 0.2) is 0 Å². The average molecular weight is 512 g/mol. The van der Waals surface area contributed by atoms with E-state index in [0.717, 1.165) is 0 Å². The Hall–Kier alpha value is -3.36. The Morgan fingerprint density at radius 3 is 1.03 bits per heavy atom. The van der Waals surface area contributed by atoms with E-state index < -0.39 is 92.2 Å². The van der Waals surface area contributed by atoms with Gasteiger partial charge in [-0.3, -0.25) is 28.8 Å². The highest BCUT2D eigenvalue weighted by molar-refractivity contribution is 7.88. The van der Waals surface area contributed by atoms with Crippen molar-refractivity contribution in [3.05, 3.63) is 0 Å². The van der Waals surface area contributed by atoms with Crippen LogP contribution in [0.1, 0.15) is 25.7 Å². The van der Waals surface area contributed by atoms with Gasteiger partial charge < -0.3 is 41.1 Å². The lowest BCUT2D eigenvalue weighted by molar-refractivity contribution is -0.144. The van der Waals surface area contributed by atoms with E-state index in [1.165, 1.54) is 0 Å². The van der Waals surface area contributed by atoms with Crippen LogP contribution in [-0.2, 0) is 57.4 Å². The Bertz CT molecular complexity index is 876. The number of carbonyl (C=O) groups excluding carboxylic acids is 2. The summed E-state index contributed by atoms with van der Waals surface area (Å²) in [5, 5.41) is 29.1. The summed E-state index contributed by atoms with van der Waals surface area (Å²) in [4.78, 5) is 65.5. The minimum absolute atomic E-state index is 0. The highest BCUT2D eigenvalue weighted by Gasteiger charge is 2.39. The molecule has 0 amide bonds. The van der Waals surface area contributed by atoms with Gasteiger partial charge in [0.2, 0.25) is 10.5 Å². The van der Waals surface area contributed by atoms with E-state index in [1.807, 2.05) is 0 Å². The maximum Gasteiger partial charge on any atom is 0.326 e. The summed E-state index contributed by atoms with van der Waals surface area (Å²) in [6.45, 7) is 0. The van der Waals surface area contributed by atoms with Crippen LogP contribution in [0.25, 0.3) is 0 Å². The normalized spacial score (nSPS) is 12.6. The molecule has 2 unspecified atom stereocenters. The highest BCUT2D eigenvalue weighted by atomic mass is 32.2. The molecular weight excluding hydrogens is 492 g/mol. The van der Waals surface area contributed by atoms with Crippen molar-refractivity contribution in [2.75, 3.05) is 0 Å². The molecule has 0 saturated heterocycles. The van der Waals surface area contributed by atoms with Gasteiger partial charge in [-0.1, -0.05) is 0 Å². The molecule has 186 valence electrons. The van der Waals surface area contributed by atoms with Crippen LogP contribution in [-0.4, -0.2) is 83.6 Å². The van der Waals surface area contributed by atoms with E-state index in [2.05, 4.69) is 8.37 Å². The minimum atomic E-state index is -5.28. The molecule has 0 aromatic rings. The number of carboxylic acids is 4. The van der Waals surface area contributed by atoms with Crippen molar-refractivity contribution < 1.29 is 74.4 Å². The van der Waals surface area contributed by atoms with Gasteiger partial charge in [0.05, 0.1) is 25.7 Å². The lowest BCUT2D eigenvalue weighted by Gasteiger charge is -2.12. The largest absolute Gasteiger partial charge is 0.481 e. The molecule has 18 nitrogen and oxygen atoms in total. The third kappa shape index (κ3) is 11.1. The zero-order valence-electron chi connectivity index (χ0n) is 15.9. The molecule has 0 aromatic heterocycles. The number of aliphatic carboxylic acids is 4. The maximum absolute atomic E-state index is 11.6. The van der Waals surface area contributed by atoms with Crippen molar-refractivity contribution in [2.45, 2.75) is 36.2 Å². The van der Waals surface area contributed by atoms with Gasteiger partial charge in [-0.05, 0) is 0 Å². The monoisotopic (exact) mass is 512 g/mol. The van der Waals surface area contributed by atoms with E-state index in [1.54, 1.807) is 0 Å². The minimum Gasteiger partial charge on any atom is -0.481 e. The molecule has 0 aliphatic heterocycles. The first-order valence-corrected chi connectivity index (χ1v) is 10.2. The molecule has 20 heteroatoms. The summed E-state index contributed by atoms with van der Waals surface area (Å²) in [6.07, 6.45) is -5.29. The number of hydrogen-bond donors (Lipinski definition) is 6. The molecular formula is C12H20N2O16S2. The Morgan fingerprint density at radius 2 is 0.844 bits per heavy atom. The fourth-order valence-electron chi connectivity index (χ4n) is 1.61. The Labute approximate surface area is 179 Å². The van der Waals surface area contributed by atoms with Gasteiger partial charge in [0.15, 0.2) is 0 Å². The molecule has 0 rings (SSSR count). The van der Waals surface area contributed by atoms with E-state index in [-0.39, 0.29) is 12.3 Å². The zero-order valence-corrected chi connectivity index (χ0v) is 17.5. The van der Waals surface area contributed by atoms with Gasteiger partial charge in [-0.25, -0.2) is 0 Å². The van der Waals surface area contributed by atoms with Crippen LogP contribution in [0, 0.1) is 0 Å². The number of carbonyl (C=O) groups is 6. The smallest absolute Gasteiger partial charge is 0.326 e. The van der Waals surface area contributed by atoms with Gasteiger partial charge in [0.25, 0.3) is 0 Å². The fraction of sp³-hybridized carbons (Fsp3) is 0.500. The van der Waals surface area contributed by atoms with Crippen LogP contribution < -0.4 is 12.3 Å². The first-order chi connectivity index (χ1) is 13.5. The lowest BCUT2D eigenvalue weighted by atomic mass is 10.3. The van der Waals surface area contributed by atoms with Crippen molar-refractivity contribution >= 4 is 56.1 Å². The molecule has 0 aliphatic carbocycles. The average Bonchev–Trinajstić information content (AvgIpc) is 2.53. The van der Waals surface area contributed by atoms with Gasteiger partial charge in [-0.2, -0.15) is 16.8 Å². The van der Waals surface area contributed by atoms with Crippen molar-refractivity contribution in [1.82, 2.24) is 12.3 Å². The summed E-state index contributed by atoms with van der Waals surface area (Å²) >= 11 is 0. The van der Waals surface area contributed by atoms with Gasteiger partial charge in [0, 0.05) is 0 Å². The van der Waals surface area contributed by atoms with Gasteiger partial charge in [-0.15, -0.1) is 0 Å². The summed E-state index contributed by atoms with van der Waals surface area (Å²) in [5.41, 5.74) is 0. The zero-order chi connectivity index (χ0) is 23.9. The summed E-state index contributed by atoms with van der Waals surface area (Å²) in [7, 11) is -10.6. The van der Waals surface area contributed by atoms with Crippen LogP contribution in [0.3, 0.4) is 0 Å². The Morgan fingerprint density at radius 1 is 0.594 bits per heavy atom. The second kappa shape index (κ2) is 13.1. The lowest BCUT2D eigenvalue weighted by Crippen LogP contribution is -2.36. The molecule has 0 aliphatic rings. The first kappa shape index (κ1) is 33.3. The highest BCUT2D eigenvalue weighted by Crippen LogP contribution is 2.14. The third-order valence-corrected chi connectivity index (χ3v) is 5.89. The van der Waals surface area contributed by atoms with Crippen LogP contribution in [0.4, 0.5) is 0 Å². The van der Waals surface area contributed by atoms with E-state index >= 15 is 0 Å². The standard InChI is InChI=1S/C12H14O16S2.2H3N/c13-7(14)3-5(11(19)20)29(23,24)27-9(17)1-2-10(18)28-30(25,26)6(12(21)22)4-8(15)16;;/h5-6H,1-4H2,(H,13,14)(H,15,16)(H,19,20)(H,21,22);2*1H3. The molecule has 0 fully saturated rings. The fourth-order valence-corrected chi connectivity index (χ4v) is 3.71. The van der Waals surface area contributed by atoms with E-state index in [9.17, 15) is 45.6 Å².